The lowest BCUT2D eigenvalue weighted by Gasteiger charge is -2.45. The van der Waals surface area contributed by atoms with Crippen LogP contribution in [0.15, 0.2) is 0 Å². The lowest BCUT2D eigenvalue weighted by molar-refractivity contribution is 0.111. The van der Waals surface area contributed by atoms with E-state index < -0.39 is 121 Å². The number of hydrogen-bond acceptors (Lipinski definition) is 15. The molecule has 0 aromatic heterocycles. The van der Waals surface area contributed by atoms with Crippen molar-refractivity contribution in [3.8, 4) is 0 Å². The normalized spacial score (nSPS) is 15.7. The Morgan fingerprint density at radius 2 is 0.400 bits per heavy atom. The maximum Gasteiger partial charge on any atom is 0.488 e. The molecule has 0 aliphatic heterocycles. The van der Waals surface area contributed by atoms with Gasteiger partial charge in [-0.15, -0.1) is 0 Å². The average molecular weight is 1100 g/mol. The van der Waals surface area contributed by atoms with E-state index in [2.05, 4.69) is 131 Å². The van der Waals surface area contributed by atoms with Gasteiger partial charge in [-0.2, -0.15) is 0 Å². The number of hydrogen-bond donors (Lipinski definition) is 0. The van der Waals surface area contributed by atoms with Crippen molar-refractivity contribution in [3.63, 3.8) is 0 Å². The molecule has 0 aliphatic carbocycles. The zero-order chi connectivity index (χ0) is 48.1. The molecule has 0 rings (SSSR count). The number of rotatable bonds is 30. The van der Waals surface area contributed by atoms with Crippen molar-refractivity contribution in [3.05, 3.63) is 0 Å². The van der Waals surface area contributed by atoms with E-state index >= 15 is 0 Å². The van der Waals surface area contributed by atoms with Crippen LogP contribution < -0.4 is 0 Å². The van der Waals surface area contributed by atoms with Gasteiger partial charge in [0.1, 0.15) is 0 Å². The van der Waals surface area contributed by atoms with Gasteiger partial charge in [0.25, 0.3) is 0 Å². The molecule has 0 saturated carbocycles. The van der Waals surface area contributed by atoms with Gasteiger partial charge >= 0.3 is 112 Å². The molecule has 0 aliphatic rings. The summed E-state index contributed by atoms with van der Waals surface area (Å²) in [6.07, 6.45) is 0. The van der Waals surface area contributed by atoms with Crippen molar-refractivity contribution < 1.29 is 62.3 Å². The summed E-state index contributed by atoms with van der Waals surface area (Å²) in [4.78, 5) is 0. The Kier molecular flexibility index (Phi) is 23.1. The first-order valence-corrected chi connectivity index (χ1v) is 60.2. The molecule has 0 radical (unpaired) electrons. The van der Waals surface area contributed by atoms with E-state index in [0.717, 1.165) is 0 Å². The maximum atomic E-state index is 6.85. The van der Waals surface area contributed by atoms with Gasteiger partial charge in [-0.3, -0.25) is 0 Å². The summed E-state index contributed by atoms with van der Waals surface area (Å²) < 4.78 is 99.2. The van der Waals surface area contributed by atoms with Gasteiger partial charge < -0.3 is 62.3 Å². The molecule has 0 saturated heterocycles. The highest BCUT2D eigenvalue weighted by Crippen LogP contribution is 2.32. The van der Waals surface area contributed by atoms with Crippen LogP contribution in [0.5, 0.6) is 0 Å². The van der Waals surface area contributed by atoms with Crippen LogP contribution in [0.2, 0.25) is 177 Å². The molecule has 0 aromatic carbocycles. The molecule has 0 amide bonds. The van der Waals surface area contributed by atoms with Gasteiger partial charge in [-0.05, 0) is 184 Å². The quantitative estimate of drug-likeness (QED) is 0.0630. The minimum absolute atomic E-state index is 0.509. The molecule has 0 fully saturated rings. The molecular weight excluding hydrogens is 1010 g/mol. The molecule has 29 heteroatoms. The lowest BCUT2D eigenvalue weighted by Crippen LogP contribution is -2.63. The van der Waals surface area contributed by atoms with Crippen LogP contribution in [0.3, 0.4) is 0 Å². The third-order valence-electron chi connectivity index (χ3n) is 7.17. The summed E-state index contributed by atoms with van der Waals surface area (Å²) >= 11 is 0. The molecule has 362 valence electrons. The van der Waals surface area contributed by atoms with E-state index in [1.807, 2.05) is 59.7 Å². The Balaban J connectivity index is 5.68. The van der Waals surface area contributed by atoms with Gasteiger partial charge in [-0.1, -0.05) is 0 Å². The second-order valence-electron chi connectivity index (χ2n) is 20.9. The van der Waals surface area contributed by atoms with E-state index in [-0.39, 0.29) is 0 Å². The fourth-order valence-corrected chi connectivity index (χ4v) is 76.8. The minimum Gasteiger partial charge on any atom is -0.440 e. The van der Waals surface area contributed by atoms with E-state index in [1.54, 1.807) is 0 Å². The van der Waals surface area contributed by atoms with Crippen molar-refractivity contribution in [2.24, 2.45) is 0 Å². The van der Waals surface area contributed by atoms with Gasteiger partial charge in [-0.25, -0.2) is 0 Å². The predicted octanol–water partition coefficient (Wildman–Crippen LogP) is 10.2. The fourth-order valence-electron chi connectivity index (χ4n) is 8.40. The zero-order valence-electron chi connectivity index (χ0n) is 43.6. The van der Waals surface area contributed by atoms with Gasteiger partial charge in [0.05, 0.1) is 0 Å². The summed E-state index contributed by atoms with van der Waals surface area (Å²) in [5, 5.41) is 0. The second kappa shape index (κ2) is 22.2. The molecule has 0 bridgehead atoms. The monoisotopic (exact) mass is 1100 g/mol. The van der Waals surface area contributed by atoms with Gasteiger partial charge in [0.15, 0.2) is 9.04 Å². The SMILES string of the molecule is CCO[Si](C)(OCC)O[Si](C)(C)O[Si](C)(C)O[Si](C)(C)O[Si](C)(C)O[Si](C)(C)O[Si](C)(C)O[Si](C)(C)O[Si](C)(C)O[Si](C)(C)O[Si](C)(C)O[Si](C)(C)O[Si](C)(C)O[SiH](C)C. The highest BCUT2D eigenvalue weighted by atomic mass is 28.5. The van der Waals surface area contributed by atoms with Crippen LogP contribution in [-0.4, -0.2) is 134 Å². The highest BCUT2D eigenvalue weighted by molar-refractivity contribution is 6.94. The van der Waals surface area contributed by atoms with Gasteiger partial charge in [0.2, 0.25) is 0 Å². The summed E-state index contributed by atoms with van der Waals surface area (Å²) in [7, 11) is -36.4. The van der Waals surface area contributed by atoms with Crippen molar-refractivity contribution in [1.29, 1.82) is 0 Å². The van der Waals surface area contributed by atoms with Crippen LogP contribution >= 0.6 is 0 Å². The van der Waals surface area contributed by atoms with Crippen LogP contribution in [0, 0.1) is 0 Å². The summed E-state index contributed by atoms with van der Waals surface area (Å²) in [6.45, 7) is 60.5. The Bertz CT molecular complexity index is 1330. The molecule has 0 heterocycles. The first-order chi connectivity index (χ1) is 26.0. The van der Waals surface area contributed by atoms with Crippen molar-refractivity contribution in [2.75, 3.05) is 13.2 Å². The lowest BCUT2D eigenvalue weighted by atomic mass is 10.9. The second-order valence-corrected chi connectivity index (χ2v) is 69.7. The van der Waals surface area contributed by atoms with Crippen molar-refractivity contribution in [1.82, 2.24) is 0 Å². The van der Waals surface area contributed by atoms with Crippen LogP contribution in [0.1, 0.15) is 13.8 Å². The molecule has 0 N–H and O–H groups in total. The molecule has 0 spiro atoms. The summed E-state index contributed by atoms with van der Waals surface area (Å²) in [5.74, 6) is 0. The topological polar surface area (TPSA) is 138 Å². The fraction of sp³-hybridized carbons (Fsp3) is 1.00. The molecule has 60 heavy (non-hydrogen) atoms. The van der Waals surface area contributed by atoms with Crippen LogP contribution in [-0.2, 0) is 62.3 Å². The van der Waals surface area contributed by atoms with Crippen molar-refractivity contribution in [2.45, 2.75) is 191 Å². The molecular formula is C31H92O15Si14. The molecule has 0 atom stereocenters. The van der Waals surface area contributed by atoms with E-state index in [9.17, 15) is 0 Å². The van der Waals surface area contributed by atoms with Gasteiger partial charge in [0, 0.05) is 19.8 Å². The van der Waals surface area contributed by atoms with Crippen LogP contribution in [0.4, 0.5) is 0 Å². The van der Waals surface area contributed by atoms with E-state index in [0.29, 0.717) is 13.2 Å². The summed E-state index contributed by atoms with van der Waals surface area (Å²) in [5.41, 5.74) is 0. The average Bonchev–Trinajstić information content (AvgIpc) is 2.78. The summed E-state index contributed by atoms with van der Waals surface area (Å²) in [6, 6.07) is 0. The predicted molar refractivity (Wildman–Crippen MR) is 278 cm³/mol. The maximum absolute atomic E-state index is 6.85. The third-order valence-corrected chi connectivity index (χ3v) is 59.7. The minimum atomic E-state index is -2.85. The smallest absolute Gasteiger partial charge is 0.440 e. The highest BCUT2D eigenvalue weighted by Gasteiger charge is 2.52. The Morgan fingerprint density at radius 1 is 0.250 bits per heavy atom. The molecule has 0 unspecified atom stereocenters. The Morgan fingerprint density at radius 3 is 0.550 bits per heavy atom. The van der Waals surface area contributed by atoms with Crippen LogP contribution in [0.25, 0.3) is 0 Å². The Hall–Kier alpha value is 2.44. The standard InChI is InChI=1S/C31H92O15Si14/c1-30-32-60(29,33-31-2)46-59(27,28)45-58(25,26)44-57(23,24)43-56(21,22)42-55(19,20)41-54(17,18)40-53(15,16)39-52(13,14)38-51(11,12)37-50(9,10)36-49(7,8)35-48(5,6)34-47(3)4/h47H,30-31H2,1-29H3. The zero-order valence-corrected chi connectivity index (χ0v) is 57.8. The largest absolute Gasteiger partial charge is 0.488 e. The third kappa shape index (κ3) is 27.9. The van der Waals surface area contributed by atoms with Crippen molar-refractivity contribution >= 4 is 121 Å². The molecule has 0 aromatic rings. The van der Waals surface area contributed by atoms with E-state index in [1.165, 1.54) is 0 Å². The first-order valence-electron chi connectivity index (χ1n) is 21.4. The molecule has 15 nitrogen and oxygen atoms in total. The Labute approximate surface area is 384 Å². The first kappa shape index (κ1) is 62.4. The van der Waals surface area contributed by atoms with E-state index in [4.69, 9.17) is 62.3 Å².